The molecule has 3 atom stereocenters. The Morgan fingerprint density at radius 2 is 1.81 bits per heavy atom. The van der Waals surface area contributed by atoms with Crippen LogP contribution in [-0.2, 0) is 14.7 Å². The number of amides is 1. The lowest BCUT2D eigenvalue weighted by Gasteiger charge is -2.57. The second kappa shape index (κ2) is 8.20. The Balaban J connectivity index is 1.75. The first-order chi connectivity index (χ1) is 17.6. The van der Waals surface area contributed by atoms with Crippen LogP contribution < -0.4 is 10.4 Å². The number of carbonyl (C=O) groups is 1. The third-order valence-electron chi connectivity index (χ3n) is 7.82. The van der Waals surface area contributed by atoms with Crippen molar-refractivity contribution in [3.63, 3.8) is 0 Å². The van der Waals surface area contributed by atoms with Crippen LogP contribution in [0.5, 0.6) is 5.75 Å². The van der Waals surface area contributed by atoms with Crippen molar-refractivity contribution >= 4 is 41.2 Å². The van der Waals surface area contributed by atoms with E-state index < -0.39 is 33.2 Å². The van der Waals surface area contributed by atoms with Crippen molar-refractivity contribution < 1.29 is 19.0 Å². The van der Waals surface area contributed by atoms with E-state index in [9.17, 15) is 19.1 Å². The van der Waals surface area contributed by atoms with Gasteiger partial charge in [-0.15, -0.1) is 11.8 Å². The highest BCUT2D eigenvalue weighted by molar-refractivity contribution is 8.02. The molecule has 0 spiro atoms. The van der Waals surface area contributed by atoms with Crippen LogP contribution >= 0.6 is 11.8 Å². The summed E-state index contributed by atoms with van der Waals surface area (Å²) < 4.78 is 21.8. The van der Waals surface area contributed by atoms with Gasteiger partial charge in [0.15, 0.2) is 11.4 Å². The number of fused-ring (bicyclic) bond motifs is 4. The van der Waals surface area contributed by atoms with Crippen LogP contribution in [-0.4, -0.2) is 69.5 Å². The maximum Gasteiger partial charge on any atom is 0.278 e. The van der Waals surface area contributed by atoms with Crippen LogP contribution in [0.1, 0.15) is 34.1 Å². The highest BCUT2D eigenvalue weighted by Gasteiger charge is 2.53. The van der Waals surface area contributed by atoms with Crippen molar-refractivity contribution in [3.05, 3.63) is 93.2 Å². The van der Waals surface area contributed by atoms with E-state index in [0.717, 1.165) is 21.6 Å². The van der Waals surface area contributed by atoms with Crippen molar-refractivity contribution in [1.29, 1.82) is 0 Å². The van der Waals surface area contributed by atoms with Gasteiger partial charge in [-0.2, -0.15) is 0 Å². The molecule has 12 heteroatoms. The average molecular weight is 515 g/mol. The predicted molar refractivity (Wildman–Crippen MR) is 148 cm³/mol. The second-order valence-electron chi connectivity index (χ2n) is 10.5. The Bertz CT molecular complexity index is 1520. The molecule has 37 heavy (non-hydrogen) atoms. The predicted octanol–water partition coefficient (Wildman–Crippen LogP) is -0.152. The Hall–Kier alpha value is -3.11. The van der Waals surface area contributed by atoms with E-state index >= 15 is 0 Å². The number of aromatic hydroxyl groups is 1. The summed E-state index contributed by atoms with van der Waals surface area (Å²) in [5, 5.41) is 12.9. The molecule has 1 amide bonds. The molecule has 3 aromatic rings. The summed E-state index contributed by atoms with van der Waals surface area (Å²) in [6.07, 6.45) is 0.986. The fourth-order valence-electron chi connectivity index (χ4n) is 6.12. The minimum atomic E-state index is -0.944. The lowest BCUT2D eigenvalue weighted by atomic mass is 9.58. The smallest absolute Gasteiger partial charge is 0.278 e. The zero-order chi connectivity index (χ0) is 26.3. The SMILES string of the molecule is BC1(B)Sc2ccccc2[C@](B)(N2[C@@H]3COC[C@H](C)N3C(=O)c3c(O)c(=O)ccn32)c2ccc(F)cc21. The Morgan fingerprint density at radius 3 is 2.59 bits per heavy atom. The molecule has 1 saturated heterocycles. The van der Waals surface area contributed by atoms with Crippen molar-refractivity contribution in [3.8, 4) is 5.75 Å². The Morgan fingerprint density at radius 1 is 1.05 bits per heavy atom. The van der Waals surface area contributed by atoms with Crippen LogP contribution in [0.4, 0.5) is 4.39 Å². The number of ether oxygens (including phenoxy) is 1. The lowest BCUT2D eigenvalue weighted by Crippen LogP contribution is -2.73. The number of hydrogen-bond acceptors (Lipinski definition) is 6. The summed E-state index contributed by atoms with van der Waals surface area (Å²) in [5.41, 5.74) is 1.01. The standard InChI is InChI=1S/C25H25B3FN3O4S/c1-13-11-36-12-20-31(13)23(35)21-22(34)18(33)8-9-30(21)32(20)24(26)15-7-6-14(29)10-17(15)25(27,28)37-19-5-3-2-4-16(19)24/h2-10,13,20,34H,11-12,26-28H2,1H3/t13-,20+,24+/m0/s1. The number of carbonyl (C=O) groups excluding carboxylic acids is 1. The summed E-state index contributed by atoms with van der Waals surface area (Å²) in [7, 11) is 6.20. The molecule has 3 aliphatic heterocycles. The van der Waals surface area contributed by atoms with Gasteiger partial charge in [0.05, 0.1) is 24.7 Å². The summed E-state index contributed by atoms with van der Waals surface area (Å²) in [4.78, 5) is 28.9. The highest BCUT2D eigenvalue weighted by Crippen LogP contribution is 2.51. The first-order valence-electron chi connectivity index (χ1n) is 12.3. The largest absolute Gasteiger partial charge is 0.502 e. The van der Waals surface area contributed by atoms with Gasteiger partial charge in [0.2, 0.25) is 5.43 Å². The lowest BCUT2D eigenvalue weighted by molar-refractivity contribution is -0.0485. The maximum atomic E-state index is 14.7. The van der Waals surface area contributed by atoms with Gasteiger partial charge in [-0.3, -0.25) is 19.3 Å². The van der Waals surface area contributed by atoms with Gasteiger partial charge < -0.3 is 14.7 Å². The van der Waals surface area contributed by atoms with Gasteiger partial charge in [-0.25, -0.2) is 4.39 Å². The number of rotatable bonds is 1. The number of halogens is 1. The molecular weight excluding hydrogens is 490 g/mol. The number of benzene rings is 2. The van der Waals surface area contributed by atoms with Crippen molar-refractivity contribution in [2.45, 2.75) is 34.0 Å². The summed E-state index contributed by atoms with van der Waals surface area (Å²) >= 11 is 1.66. The number of nitrogens with zero attached hydrogens (tertiary/aromatic N) is 3. The summed E-state index contributed by atoms with van der Waals surface area (Å²) in [6.45, 7) is 2.46. The molecule has 1 N–H and O–H groups in total. The van der Waals surface area contributed by atoms with E-state index in [1.54, 1.807) is 27.4 Å². The van der Waals surface area contributed by atoms with E-state index in [1.807, 2.05) is 36.2 Å². The molecule has 1 fully saturated rings. The number of aromatic nitrogens is 1. The number of morpholine rings is 1. The van der Waals surface area contributed by atoms with Gasteiger partial charge in [-0.05, 0) is 46.4 Å². The molecule has 186 valence electrons. The van der Waals surface area contributed by atoms with Gasteiger partial charge in [0, 0.05) is 17.2 Å². The first-order valence-corrected chi connectivity index (χ1v) is 13.1. The van der Waals surface area contributed by atoms with Crippen molar-refractivity contribution in [2.24, 2.45) is 0 Å². The normalized spacial score (nSPS) is 25.9. The molecule has 0 aliphatic carbocycles. The zero-order valence-corrected chi connectivity index (χ0v) is 21.9. The van der Waals surface area contributed by atoms with Crippen LogP contribution in [0.2, 0.25) is 0 Å². The molecule has 0 radical (unpaired) electrons. The van der Waals surface area contributed by atoms with Crippen molar-refractivity contribution in [1.82, 2.24) is 9.58 Å². The minimum Gasteiger partial charge on any atom is -0.502 e. The Kier molecular flexibility index (Phi) is 5.37. The van der Waals surface area contributed by atoms with Crippen LogP contribution in [0, 0.1) is 5.82 Å². The molecular formula is C25H25B3FN3O4S. The van der Waals surface area contributed by atoms with Gasteiger partial charge >= 0.3 is 0 Å². The maximum absolute atomic E-state index is 14.7. The third-order valence-corrected chi connectivity index (χ3v) is 9.12. The molecule has 0 unspecified atom stereocenters. The van der Waals surface area contributed by atoms with Gasteiger partial charge in [-0.1, -0.05) is 24.3 Å². The quantitative estimate of drug-likeness (QED) is 0.455. The van der Waals surface area contributed by atoms with Gasteiger partial charge in [0.1, 0.15) is 35.5 Å². The number of thioether (sulfide) groups is 1. The zero-order valence-electron chi connectivity index (χ0n) is 21.1. The molecule has 7 nitrogen and oxygen atoms in total. The molecule has 4 heterocycles. The molecule has 3 aliphatic rings. The van der Waals surface area contributed by atoms with Gasteiger partial charge in [0.25, 0.3) is 5.91 Å². The van der Waals surface area contributed by atoms with E-state index in [1.165, 1.54) is 18.3 Å². The molecule has 1 aromatic heterocycles. The van der Waals surface area contributed by atoms with E-state index in [0.29, 0.717) is 6.61 Å². The molecule has 2 aromatic carbocycles. The summed E-state index contributed by atoms with van der Waals surface area (Å²) in [6, 6.07) is 13.9. The molecule has 6 rings (SSSR count). The van der Waals surface area contributed by atoms with E-state index in [-0.39, 0.29) is 24.2 Å². The fourth-order valence-corrected chi connectivity index (χ4v) is 7.47. The fraction of sp³-hybridized carbons (Fsp3) is 0.280. The minimum absolute atomic E-state index is 0.0870. The average Bonchev–Trinajstić information content (AvgIpc) is 2.92. The van der Waals surface area contributed by atoms with E-state index in [2.05, 4.69) is 29.6 Å². The molecule has 0 saturated carbocycles. The Labute approximate surface area is 220 Å². The van der Waals surface area contributed by atoms with Crippen LogP contribution in [0.25, 0.3) is 0 Å². The number of pyridine rings is 1. The van der Waals surface area contributed by atoms with Crippen LogP contribution in [0.3, 0.4) is 0 Å². The first kappa shape index (κ1) is 24.2. The third kappa shape index (κ3) is 3.34. The highest BCUT2D eigenvalue weighted by atomic mass is 32.2. The number of hydrogen-bond donors (Lipinski definition) is 1. The van der Waals surface area contributed by atoms with Crippen molar-refractivity contribution in [2.75, 3.05) is 18.2 Å². The second-order valence-corrected chi connectivity index (χ2v) is 12.2. The molecule has 0 bridgehead atoms. The monoisotopic (exact) mass is 515 g/mol. The summed E-state index contributed by atoms with van der Waals surface area (Å²) in [5.74, 6) is -1.34. The van der Waals surface area contributed by atoms with Crippen LogP contribution in [0.15, 0.2) is 64.4 Å². The topological polar surface area (TPSA) is 75.0 Å². The van der Waals surface area contributed by atoms with E-state index in [4.69, 9.17) is 4.74 Å².